The fraction of sp³-hybridized carbons (Fsp3) is 0.917. The Morgan fingerprint density at radius 1 is 0.812 bits per heavy atom. The van der Waals surface area contributed by atoms with Crippen LogP contribution in [0.5, 0.6) is 0 Å². The molecule has 0 aliphatic heterocycles. The van der Waals surface area contributed by atoms with Crippen LogP contribution in [0.4, 0.5) is 0 Å². The van der Waals surface area contributed by atoms with Crippen molar-refractivity contribution in [1.82, 2.24) is 0 Å². The van der Waals surface area contributed by atoms with Crippen LogP contribution in [-0.4, -0.2) is 40.8 Å². The predicted octanol–water partition coefficient (Wildman–Crippen LogP) is -0.199. The molecular weight excluding hydrogens is 239 g/mol. The molecule has 2 N–H and O–H groups in total. The number of aliphatic hydroxyl groups is 2. The van der Waals surface area contributed by atoms with E-state index in [1.165, 1.54) is 32.1 Å². The maximum Gasteiger partial charge on any atom is 3.00 e. The van der Waals surface area contributed by atoms with E-state index in [4.69, 9.17) is 10.2 Å². The van der Waals surface area contributed by atoms with Gasteiger partial charge in [0, 0.05) is 13.2 Å². The van der Waals surface area contributed by atoms with E-state index in [1.807, 2.05) is 0 Å². The summed E-state index contributed by atoms with van der Waals surface area (Å²) in [6.45, 7) is 9.88. The van der Waals surface area contributed by atoms with Gasteiger partial charge in [0.2, 0.25) is 0 Å². The van der Waals surface area contributed by atoms with Crippen LogP contribution in [-0.2, 0) is 0 Å². The summed E-state index contributed by atoms with van der Waals surface area (Å²) in [6, 6.07) is 0. The zero-order valence-corrected chi connectivity index (χ0v) is 13.1. The third kappa shape index (κ3) is 84.4. The van der Waals surface area contributed by atoms with Crippen molar-refractivity contribution >= 4 is 17.4 Å². The monoisotopic (exact) mass is 267 g/mol. The molecule has 0 saturated carbocycles. The van der Waals surface area contributed by atoms with Gasteiger partial charge in [-0.1, -0.05) is 39.0 Å². The molecule has 98 valence electrons. The Labute approximate surface area is 119 Å². The first-order valence-corrected chi connectivity index (χ1v) is 5.75. The summed E-state index contributed by atoms with van der Waals surface area (Å²) >= 11 is 0. The van der Waals surface area contributed by atoms with Gasteiger partial charge in [0.1, 0.15) is 0 Å². The molecule has 0 aromatic heterocycles. The van der Waals surface area contributed by atoms with Crippen LogP contribution < -0.4 is 12.4 Å². The Bertz CT molecular complexity index is 59.0. The molecule has 0 aromatic carbocycles. The quantitative estimate of drug-likeness (QED) is 0.412. The Balaban J connectivity index is -0.0000000434. The van der Waals surface area contributed by atoms with Crippen molar-refractivity contribution < 1.29 is 22.6 Å². The standard InChI is InChI=1S/C8H17.2C2H6O.Al.ClH/c1-3-5-7-8-6-4-2;2*1-2-3;;/h1,3-8H2,2H3;2*3H,2H2,1H3;;1H/q-1;;;+3;/p-1. The molecule has 0 heterocycles. The van der Waals surface area contributed by atoms with Crippen LogP contribution in [0.2, 0.25) is 0 Å². The third-order valence-electron chi connectivity index (χ3n) is 1.35. The number of halogens is 1. The summed E-state index contributed by atoms with van der Waals surface area (Å²) < 4.78 is 0. The Kier molecular flexibility index (Phi) is 84.2. The summed E-state index contributed by atoms with van der Waals surface area (Å²) in [5, 5.41) is 15.1. The van der Waals surface area contributed by atoms with Crippen LogP contribution in [0.15, 0.2) is 0 Å². The molecule has 2 nitrogen and oxygen atoms in total. The van der Waals surface area contributed by atoms with Gasteiger partial charge in [0.25, 0.3) is 0 Å². The second kappa shape index (κ2) is 44.8. The van der Waals surface area contributed by atoms with Crippen LogP contribution in [0.25, 0.3) is 0 Å². The average Bonchev–Trinajstić information content (AvgIpc) is 2.15. The first-order valence-electron chi connectivity index (χ1n) is 5.75. The van der Waals surface area contributed by atoms with E-state index in [1.54, 1.807) is 13.8 Å². The van der Waals surface area contributed by atoms with Crippen molar-refractivity contribution in [2.24, 2.45) is 0 Å². The van der Waals surface area contributed by atoms with E-state index in [9.17, 15) is 0 Å². The second-order valence-electron chi connectivity index (χ2n) is 2.90. The van der Waals surface area contributed by atoms with Gasteiger partial charge in [-0.05, 0) is 13.8 Å². The van der Waals surface area contributed by atoms with Crippen molar-refractivity contribution in [3.8, 4) is 0 Å². The van der Waals surface area contributed by atoms with Crippen molar-refractivity contribution in [3.05, 3.63) is 6.92 Å². The molecule has 0 atom stereocenters. The molecule has 0 fully saturated rings. The smallest absolute Gasteiger partial charge is 1.00 e. The SMILES string of the molecule is CCO.CCO.[Al+3].[CH2-]CCCCCCC.[Cl-]. The molecule has 16 heavy (non-hydrogen) atoms. The molecule has 0 aromatic rings. The first kappa shape index (κ1) is 30.1. The molecule has 0 amide bonds. The zero-order chi connectivity index (χ0) is 11.7. The minimum Gasteiger partial charge on any atom is -1.00 e. The van der Waals surface area contributed by atoms with E-state index in [0.29, 0.717) is 0 Å². The van der Waals surface area contributed by atoms with Gasteiger partial charge in [-0.3, -0.25) is 0 Å². The van der Waals surface area contributed by atoms with Gasteiger partial charge in [-0.25, -0.2) is 0 Å². The van der Waals surface area contributed by atoms with Crippen LogP contribution in [0, 0.1) is 6.92 Å². The number of aliphatic hydroxyl groups excluding tert-OH is 2. The molecule has 0 rings (SSSR count). The summed E-state index contributed by atoms with van der Waals surface area (Å²) in [5.41, 5.74) is 0. The minimum atomic E-state index is 0. The molecule has 4 heteroatoms. The maximum atomic E-state index is 7.57. The van der Waals surface area contributed by atoms with Crippen molar-refractivity contribution in [2.75, 3.05) is 13.2 Å². The van der Waals surface area contributed by atoms with E-state index in [0.717, 1.165) is 6.42 Å². The molecule has 0 aliphatic carbocycles. The summed E-state index contributed by atoms with van der Waals surface area (Å²) in [5.74, 6) is 0. The predicted molar refractivity (Wildman–Crippen MR) is 70.0 cm³/mol. The molecular formula is C12H29AlClO2+. The fourth-order valence-corrected chi connectivity index (χ4v) is 0.780. The van der Waals surface area contributed by atoms with Gasteiger partial charge in [-0.2, -0.15) is 6.42 Å². The van der Waals surface area contributed by atoms with E-state index < -0.39 is 0 Å². The third-order valence-corrected chi connectivity index (χ3v) is 1.35. The van der Waals surface area contributed by atoms with E-state index >= 15 is 0 Å². The molecule has 0 bridgehead atoms. The van der Waals surface area contributed by atoms with Crippen LogP contribution in [0.1, 0.15) is 59.3 Å². The summed E-state index contributed by atoms with van der Waals surface area (Å²) in [4.78, 5) is 0. The molecule has 0 aliphatic rings. The second-order valence-corrected chi connectivity index (χ2v) is 2.90. The minimum absolute atomic E-state index is 0. The van der Waals surface area contributed by atoms with Crippen molar-refractivity contribution in [2.45, 2.75) is 59.3 Å². The number of rotatable bonds is 5. The van der Waals surface area contributed by atoms with Gasteiger partial charge < -0.3 is 29.5 Å². The van der Waals surface area contributed by atoms with E-state index in [-0.39, 0.29) is 43.0 Å². The van der Waals surface area contributed by atoms with Crippen molar-refractivity contribution in [3.63, 3.8) is 0 Å². The zero-order valence-electron chi connectivity index (χ0n) is 11.2. The number of unbranched alkanes of at least 4 members (excludes halogenated alkanes) is 5. The Hall–Kier alpha value is 0.742. The van der Waals surface area contributed by atoms with Gasteiger partial charge in [0.05, 0.1) is 0 Å². The van der Waals surface area contributed by atoms with Crippen LogP contribution >= 0.6 is 0 Å². The number of hydrogen-bond acceptors (Lipinski definition) is 2. The molecule has 0 radical (unpaired) electrons. The average molecular weight is 268 g/mol. The summed E-state index contributed by atoms with van der Waals surface area (Å²) in [6.07, 6.45) is 7.98. The van der Waals surface area contributed by atoms with Gasteiger partial charge in [0.15, 0.2) is 0 Å². The van der Waals surface area contributed by atoms with Gasteiger partial charge in [-0.15, -0.1) is 0 Å². The molecule has 0 spiro atoms. The Morgan fingerprint density at radius 2 is 1.12 bits per heavy atom. The van der Waals surface area contributed by atoms with Gasteiger partial charge >= 0.3 is 17.4 Å². The fourth-order valence-electron chi connectivity index (χ4n) is 0.780. The Morgan fingerprint density at radius 3 is 1.38 bits per heavy atom. The van der Waals surface area contributed by atoms with Crippen LogP contribution in [0.3, 0.4) is 0 Å². The van der Waals surface area contributed by atoms with Crippen molar-refractivity contribution in [1.29, 1.82) is 0 Å². The topological polar surface area (TPSA) is 40.5 Å². The summed E-state index contributed by atoms with van der Waals surface area (Å²) in [7, 11) is 0. The number of hydrogen-bond donors (Lipinski definition) is 2. The first-order chi connectivity index (χ1) is 6.74. The normalized spacial score (nSPS) is 7.12. The maximum absolute atomic E-state index is 7.57. The molecule has 0 saturated heterocycles. The molecule has 0 unspecified atom stereocenters. The van der Waals surface area contributed by atoms with E-state index in [2.05, 4.69) is 13.8 Å². The largest absolute Gasteiger partial charge is 3.00 e.